The van der Waals surface area contributed by atoms with E-state index in [1.54, 1.807) is 24.3 Å². The first kappa shape index (κ1) is 22.9. The molecule has 0 bridgehead atoms. The van der Waals surface area contributed by atoms with Gasteiger partial charge in [-0.3, -0.25) is 24.5 Å². The van der Waals surface area contributed by atoms with E-state index in [2.05, 4.69) is 15.3 Å². The summed E-state index contributed by atoms with van der Waals surface area (Å²) in [6.45, 7) is 0.0116. The maximum absolute atomic E-state index is 12.1. The molecule has 0 atom stereocenters. The van der Waals surface area contributed by atoms with Crippen LogP contribution in [0.5, 0.6) is 0 Å². The number of nitrogens with zero attached hydrogens (tertiary/aromatic N) is 2. The van der Waals surface area contributed by atoms with Crippen molar-refractivity contribution in [2.75, 3.05) is 13.2 Å². The number of esters is 1. The zero-order chi connectivity index (χ0) is 23.1. The first-order chi connectivity index (χ1) is 15.3. The number of rotatable bonds is 9. The Morgan fingerprint density at radius 1 is 1.22 bits per heavy atom. The van der Waals surface area contributed by atoms with Crippen LogP contribution in [-0.2, 0) is 16.0 Å². The van der Waals surface area contributed by atoms with Crippen LogP contribution in [0, 0.1) is 10.1 Å². The van der Waals surface area contributed by atoms with Gasteiger partial charge in [-0.2, -0.15) is 0 Å². The highest BCUT2D eigenvalue weighted by atomic mass is 35.5. The lowest BCUT2D eigenvalue weighted by molar-refractivity contribution is -0.384. The van der Waals surface area contributed by atoms with Crippen LogP contribution in [0.15, 0.2) is 47.3 Å². The number of aromatic amines is 1. The maximum atomic E-state index is 12.1. The minimum absolute atomic E-state index is 0.0414. The van der Waals surface area contributed by atoms with Gasteiger partial charge in [0.25, 0.3) is 17.2 Å². The van der Waals surface area contributed by atoms with Crippen molar-refractivity contribution in [2.45, 2.75) is 19.3 Å². The molecule has 2 aromatic carbocycles. The molecule has 1 heterocycles. The predicted octanol–water partition coefficient (Wildman–Crippen LogP) is 2.78. The minimum Gasteiger partial charge on any atom is -0.464 e. The Morgan fingerprint density at radius 2 is 2.00 bits per heavy atom. The molecule has 3 rings (SSSR count). The van der Waals surface area contributed by atoms with E-state index in [0.29, 0.717) is 29.6 Å². The van der Waals surface area contributed by atoms with Gasteiger partial charge in [0.15, 0.2) is 0 Å². The van der Waals surface area contributed by atoms with Gasteiger partial charge in [-0.1, -0.05) is 23.7 Å². The number of fused-ring (bicyclic) bond motifs is 1. The van der Waals surface area contributed by atoms with Crippen molar-refractivity contribution in [2.24, 2.45) is 0 Å². The average Bonchev–Trinajstić information content (AvgIpc) is 2.76. The Kier molecular flexibility index (Phi) is 7.50. The fraction of sp³-hybridized carbons (Fsp3) is 0.238. The zero-order valence-electron chi connectivity index (χ0n) is 16.8. The summed E-state index contributed by atoms with van der Waals surface area (Å²) in [5, 5.41) is 13.7. The monoisotopic (exact) mass is 458 g/mol. The maximum Gasteiger partial charge on any atom is 0.305 e. The van der Waals surface area contributed by atoms with Gasteiger partial charge in [-0.25, -0.2) is 4.98 Å². The Balaban J connectivity index is 1.39. The zero-order valence-corrected chi connectivity index (χ0v) is 17.6. The number of non-ortho nitro benzene ring substituents is 1. The van der Waals surface area contributed by atoms with Crippen LogP contribution in [0.25, 0.3) is 10.9 Å². The quantitative estimate of drug-likeness (QED) is 0.217. The number of nitro groups is 1. The molecule has 1 aromatic heterocycles. The first-order valence-corrected chi connectivity index (χ1v) is 10.1. The lowest BCUT2D eigenvalue weighted by Gasteiger charge is -2.08. The van der Waals surface area contributed by atoms with E-state index >= 15 is 0 Å². The molecule has 10 nitrogen and oxygen atoms in total. The van der Waals surface area contributed by atoms with Crippen LogP contribution in [-0.4, -0.2) is 39.9 Å². The van der Waals surface area contributed by atoms with E-state index in [4.69, 9.17) is 16.3 Å². The second kappa shape index (κ2) is 10.5. The molecule has 0 fully saturated rings. The van der Waals surface area contributed by atoms with E-state index in [9.17, 15) is 24.5 Å². The number of carbonyl (C=O) groups is 2. The number of para-hydroxylation sites is 1. The number of H-pyrrole nitrogens is 1. The molecular weight excluding hydrogens is 440 g/mol. The second-order valence-corrected chi connectivity index (χ2v) is 7.19. The fourth-order valence-electron chi connectivity index (χ4n) is 2.95. The first-order valence-electron chi connectivity index (χ1n) is 9.71. The number of halogens is 1. The minimum atomic E-state index is -0.610. The number of hydrogen-bond donors (Lipinski definition) is 2. The Bertz CT molecular complexity index is 1230. The number of nitro benzene ring substituents is 1. The summed E-state index contributed by atoms with van der Waals surface area (Å²) in [6.07, 6.45) is 0.966. The summed E-state index contributed by atoms with van der Waals surface area (Å²) in [5.41, 5.74) is 0.235. The summed E-state index contributed by atoms with van der Waals surface area (Å²) in [6, 6.07) is 10.5. The smallest absolute Gasteiger partial charge is 0.305 e. The summed E-state index contributed by atoms with van der Waals surface area (Å²) in [7, 11) is 0. The molecule has 0 saturated carbocycles. The summed E-state index contributed by atoms with van der Waals surface area (Å²) < 4.78 is 5.07. The number of carbonyl (C=O) groups excluding carboxylic acids is 2. The molecule has 0 radical (unpaired) electrons. The number of amides is 1. The predicted molar refractivity (Wildman–Crippen MR) is 117 cm³/mol. The van der Waals surface area contributed by atoms with Crippen molar-refractivity contribution in [3.8, 4) is 0 Å². The van der Waals surface area contributed by atoms with Crippen molar-refractivity contribution >= 4 is 40.1 Å². The normalized spacial score (nSPS) is 10.7. The van der Waals surface area contributed by atoms with Gasteiger partial charge in [-0.05, 0) is 24.6 Å². The number of ether oxygens (including phenoxy) is 1. The van der Waals surface area contributed by atoms with Gasteiger partial charge >= 0.3 is 5.97 Å². The van der Waals surface area contributed by atoms with Gasteiger partial charge in [0, 0.05) is 25.0 Å². The Morgan fingerprint density at radius 3 is 2.75 bits per heavy atom. The topological polar surface area (TPSA) is 144 Å². The molecule has 0 aliphatic heterocycles. The van der Waals surface area contributed by atoms with Gasteiger partial charge in [0.05, 0.1) is 33.0 Å². The number of aromatic nitrogens is 2. The fourth-order valence-corrected chi connectivity index (χ4v) is 3.21. The molecule has 0 aliphatic rings. The van der Waals surface area contributed by atoms with Gasteiger partial charge < -0.3 is 15.0 Å². The number of aryl methyl sites for hydroxylation is 1. The highest BCUT2D eigenvalue weighted by Gasteiger charge is 2.15. The number of benzene rings is 2. The van der Waals surface area contributed by atoms with Crippen molar-refractivity contribution in [1.82, 2.24) is 15.3 Å². The van der Waals surface area contributed by atoms with Gasteiger partial charge in [-0.15, -0.1) is 0 Å². The molecule has 2 N–H and O–H groups in total. The third-order valence-corrected chi connectivity index (χ3v) is 4.83. The third-order valence-electron chi connectivity index (χ3n) is 4.52. The number of hydrogen-bond acceptors (Lipinski definition) is 7. The van der Waals surface area contributed by atoms with Crippen LogP contribution in [0.2, 0.25) is 5.02 Å². The summed E-state index contributed by atoms with van der Waals surface area (Å²) >= 11 is 5.90. The molecular formula is C21H19ClN4O6. The van der Waals surface area contributed by atoms with Crippen molar-refractivity contribution in [3.63, 3.8) is 0 Å². The largest absolute Gasteiger partial charge is 0.464 e. The van der Waals surface area contributed by atoms with E-state index in [1.807, 2.05) is 0 Å². The van der Waals surface area contributed by atoms with Crippen molar-refractivity contribution in [1.29, 1.82) is 0 Å². The molecule has 11 heteroatoms. The highest BCUT2D eigenvalue weighted by molar-refractivity contribution is 6.34. The van der Waals surface area contributed by atoms with Crippen LogP contribution in [0.1, 0.15) is 29.0 Å². The van der Waals surface area contributed by atoms with E-state index in [1.165, 1.54) is 12.1 Å². The van der Waals surface area contributed by atoms with Crippen molar-refractivity contribution < 1.29 is 19.2 Å². The standard InChI is InChI=1S/C21H19ClN4O6/c22-16-12-13(26(30)31)8-9-14(16)20(28)23-10-11-32-19(27)7-3-6-18-24-17-5-2-1-4-15(17)21(29)25-18/h1-2,4-5,8-9,12H,3,6-7,10-11H2,(H,23,28)(H,24,25,29). The van der Waals surface area contributed by atoms with E-state index < -0.39 is 16.8 Å². The third kappa shape index (κ3) is 5.88. The van der Waals surface area contributed by atoms with Crippen LogP contribution < -0.4 is 10.9 Å². The number of nitrogens with one attached hydrogen (secondary N) is 2. The molecule has 3 aromatic rings. The second-order valence-electron chi connectivity index (χ2n) is 6.78. The lowest BCUT2D eigenvalue weighted by Crippen LogP contribution is -2.28. The SMILES string of the molecule is O=C(CCCc1nc2ccccc2c(=O)[nH]1)OCCNC(=O)c1ccc([N+](=O)[O-])cc1Cl. The van der Waals surface area contributed by atoms with Crippen molar-refractivity contribution in [3.05, 3.63) is 79.3 Å². The average molecular weight is 459 g/mol. The summed E-state index contributed by atoms with van der Waals surface area (Å²) in [4.78, 5) is 53.2. The Hall–Kier alpha value is -3.79. The molecule has 0 unspecified atom stereocenters. The van der Waals surface area contributed by atoms with Crippen LogP contribution in [0.4, 0.5) is 5.69 Å². The van der Waals surface area contributed by atoms with Crippen LogP contribution in [0.3, 0.4) is 0 Å². The summed E-state index contributed by atoms with van der Waals surface area (Å²) in [5.74, 6) is -0.489. The van der Waals surface area contributed by atoms with Gasteiger partial charge in [0.2, 0.25) is 0 Å². The lowest BCUT2D eigenvalue weighted by atomic mass is 10.2. The van der Waals surface area contributed by atoms with Gasteiger partial charge in [0.1, 0.15) is 12.4 Å². The molecule has 1 amide bonds. The molecule has 166 valence electrons. The molecule has 0 spiro atoms. The van der Waals surface area contributed by atoms with Crippen LogP contribution >= 0.6 is 11.6 Å². The molecule has 0 saturated heterocycles. The molecule has 32 heavy (non-hydrogen) atoms. The highest BCUT2D eigenvalue weighted by Crippen LogP contribution is 2.22. The molecule has 0 aliphatic carbocycles. The van der Waals surface area contributed by atoms with E-state index in [-0.39, 0.29) is 41.4 Å². The van der Waals surface area contributed by atoms with E-state index in [0.717, 1.165) is 6.07 Å². The Labute approximate surface area is 186 Å².